The van der Waals surface area contributed by atoms with Crippen LogP contribution in [-0.4, -0.2) is 33.3 Å². The SMILES string of the molecule is Cc1ccc(CNC(=O)c2cc(CN3C(=O)N(c4ccc(S)cc4)C(=O)C3(C)C)ccn2)cc1. The molecule has 8 heteroatoms. The van der Waals surface area contributed by atoms with E-state index in [1.807, 2.05) is 31.2 Å². The summed E-state index contributed by atoms with van der Waals surface area (Å²) in [6.07, 6.45) is 1.54. The van der Waals surface area contributed by atoms with E-state index in [9.17, 15) is 14.4 Å². The summed E-state index contributed by atoms with van der Waals surface area (Å²) in [5, 5.41) is 2.87. The van der Waals surface area contributed by atoms with Gasteiger partial charge in [-0.25, -0.2) is 9.69 Å². The zero-order valence-corrected chi connectivity index (χ0v) is 20.2. The summed E-state index contributed by atoms with van der Waals surface area (Å²) in [5.74, 6) is -0.617. The molecule has 1 N–H and O–H groups in total. The van der Waals surface area contributed by atoms with E-state index < -0.39 is 11.6 Å². The Kier molecular flexibility index (Phi) is 6.43. The summed E-state index contributed by atoms with van der Waals surface area (Å²) in [6.45, 7) is 6.00. The van der Waals surface area contributed by atoms with E-state index in [1.54, 1.807) is 50.2 Å². The minimum Gasteiger partial charge on any atom is -0.347 e. The minimum atomic E-state index is -1.05. The van der Waals surface area contributed by atoms with E-state index in [2.05, 4.69) is 22.9 Å². The molecule has 1 aromatic heterocycles. The van der Waals surface area contributed by atoms with Gasteiger partial charge in [-0.3, -0.25) is 14.6 Å². The fourth-order valence-electron chi connectivity index (χ4n) is 3.79. The molecule has 0 atom stereocenters. The number of amides is 4. The maximum Gasteiger partial charge on any atom is 0.332 e. The maximum atomic E-state index is 13.2. The topological polar surface area (TPSA) is 82.6 Å². The number of carbonyl (C=O) groups is 3. The Bertz CT molecular complexity index is 1240. The number of hydrogen-bond donors (Lipinski definition) is 2. The van der Waals surface area contributed by atoms with Crippen molar-refractivity contribution in [3.05, 3.63) is 89.2 Å². The number of imide groups is 1. The Morgan fingerprint density at radius 2 is 1.68 bits per heavy atom. The monoisotopic (exact) mass is 474 g/mol. The average molecular weight is 475 g/mol. The second-order valence-electron chi connectivity index (χ2n) is 8.80. The highest BCUT2D eigenvalue weighted by Crippen LogP contribution is 2.33. The van der Waals surface area contributed by atoms with Gasteiger partial charge in [0, 0.05) is 24.2 Å². The normalized spacial score (nSPS) is 15.1. The lowest BCUT2D eigenvalue weighted by Crippen LogP contribution is -2.43. The van der Waals surface area contributed by atoms with E-state index in [4.69, 9.17) is 0 Å². The lowest BCUT2D eigenvalue weighted by atomic mass is 10.0. The first kappa shape index (κ1) is 23.5. The number of thiol groups is 1. The Morgan fingerprint density at radius 3 is 2.35 bits per heavy atom. The van der Waals surface area contributed by atoms with Crippen LogP contribution in [0.15, 0.2) is 71.8 Å². The van der Waals surface area contributed by atoms with Gasteiger partial charge in [0.05, 0.1) is 5.69 Å². The van der Waals surface area contributed by atoms with Gasteiger partial charge in [-0.05, 0) is 68.3 Å². The van der Waals surface area contributed by atoms with Crippen LogP contribution in [0.2, 0.25) is 0 Å². The minimum absolute atomic E-state index is 0.166. The molecule has 34 heavy (non-hydrogen) atoms. The van der Waals surface area contributed by atoms with Crippen LogP contribution in [0.3, 0.4) is 0 Å². The molecule has 7 nitrogen and oxygen atoms in total. The number of nitrogens with one attached hydrogen (secondary N) is 1. The third-order valence-electron chi connectivity index (χ3n) is 5.90. The number of nitrogens with zero attached hydrogens (tertiary/aromatic N) is 3. The number of hydrogen-bond acceptors (Lipinski definition) is 5. The number of carbonyl (C=O) groups excluding carboxylic acids is 3. The van der Waals surface area contributed by atoms with Crippen LogP contribution in [0.5, 0.6) is 0 Å². The first-order chi connectivity index (χ1) is 16.2. The molecule has 0 unspecified atom stereocenters. The lowest BCUT2D eigenvalue weighted by molar-refractivity contribution is -0.123. The third-order valence-corrected chi connectivity index (χ3v) is 6.20. The number of pyridine rings is 1. The van der Waals surface area contributed by atoms with E-state index in [0.717, 1.165) is 16.0 Å². The maximum absolute atomic E-state index is 13.2. The zero-order chi connectivity index (χ0) is 24.5. The molecule has 2 aromatic carbocycles. The molecule has 3 aromatic rings. The molecule has 1 saturated heterocycles. The summed E-state index contributed by atoms with van der Waals surface area (Å²) >= 11 is 4.27. The van der Waals surface area contributed by atoms with E-state index >= 15 is 0 Å². The molecule has 0 aliphatic carbocycles. The van der Waals surface area contributed by atoms with Crippen molar-refractivity contribution in [2.45, 2.75) is 44.3 Å². The standard InChI is InChI=1S/C26H26N4O3S/c1-17-4-6-18(7-5-17)15-28-23(31)22-14-19(12-13-27-22)16-29-25(33)30(24(32)26(29,2)3)20-8-10-21(34)11-9-20/h4-14,34H,15-16H2,1-3H3,(H,28,31). The van der Waals surface area contributed by atoms with Crippen molar-refractivity contribution in [1.29, 1.82) is 0 Å². The lowest BCUT2D eigenvalue weighted by Gasteiger charge is -2.27. The third kappa shape index (κ3) is 4.68. The van der Waals surface area contributed by atoms with Crippen LogP contribution in [0.25, 0.3) is 0 Å². The summed E-state index contributed by atoms with van der Waals surface area (Å²) in [4.78, 5) is 46.6. The molecule has 1 aliphatic heterocycles. The fourth-order valence-corrected chi connectivity index (χ4v) is 3.94. The quantitative estimate of drug-likeness (QED) is 0.411. The van der Waals surface area contributed by atoms with Crippen molar-refractivity contribution in [3.8, 4) is 0 Å². The molecule has 0 bridgehead atoms. The second-order valence-corrected chi connectivity index (χ2v) is 9.32. The highest BCUT2D eigenvalue weighted by atomic mass is 32.1. The molecular formula is C26H26N4O3S. The highest BCUT2D eigenvalue weighted by molar-refractivity contribution is 7.80. The first-order valence-electron chi connectivity index (χ1n) is 10.9. The molecule has 0 radical (unpaired) electrons. The van der Waals surface area contributed by atoms with Crippen molar-refractivity contribution in [3.63, 3.8) is 0 Å². The van der Waals surface area contributed by atoms with Gasteiger partial charge >= 0.3 is 6.03 Å². The second kappa shape index (κ2) is 9.30. The van der Waals surface area contributed by atoms with Crippen LogP contribution in [-0.2, 0) is 17.9 Å². The molecule has 0 spiro atoms. The molecule has 0 saturated carbocycles. The van der Waals surface area contributed by atoms with Crippen LogP contribution in [0.1, 0.15) is 41.0 Å². The predicted molar refractivity (Wildman–Crippen MR) is 133 cm³/mol. The van der Waals surface area contributed by atoms with Gasteiger partial charge in [0.2, 0.25) is 0 Å². The van der Waals surface area contributed by atoms with Gasteiger partial charge in [0.1, 0.15) is 11.2 Å². The molecule has 1 aliphatic rings. The molecule has 4 amide bonds. The number of aryl methyl sites for hydroxylation is 1. The summed E-state index contributed by atoms with van der Waals surface area (Å²) in [7, 11) is 0. The van der Waals surface area contributed by atoms with Crippen LogP contribution < -0.4 is 10.2 Å². The fraction of sp³-hybridized carbons (Fsp3) is 0.231. The van der Waals surface area contributed by atoms with Gasteiger partial charge in [0.25, 0.3) is 11.8 Å². The molecule has 174 valence electrons. The number of anilines is 1. The summed E-state index contributed by atoms with van der Waals surface area (Å²) in [6, 6.07) is 17.8. The first-order valence-corrected chi connectivity index (χ1v) is 11.4. The average Bonchev–Trinajstić information content (AvgIpc) is 2.99. The molecular weight excluding hydrogens is 448 g/mol. The molecule has 1 fully saturated rings. The van der Waals surface area contributed by atoms with Gasteiger partial charge in [-0.15, -0.1) is 12.6 Å². The Labute approximate surface area is 204 Å². The van der Waals surface area contributed by atoms with Crippen molar-refractivity contribution in [2.75, 3.05) is 4.90 Å². The van der Waals surface area contributed by atoms with Crippen LogP contribution in [0.4, 0.5) is 10.5 Å². The zero-order valence-electron chi connectivity index (χ0n) is 19.3. The Morgan fingerprint density at radius 1 is 1.00 bits per heavy atom. The van der Waals surface area contributed by atoms with Crippen LogP contribution in [0, 0.1) is 6.92 Å². The van der Waals surface area contributed by atoms with Gasteiger partial charge in [-0.2, -0.15) is 0 Å². The summed E-state index contributed by atoms with van der Waals surface area (Å²) < 4.78 is 0. The molecule has 2 heterocycles. The van der Waals surface area contributed by atoms with Crippen LogP contribution >= 0.6 is 12.6 Å². The Balaban J connectivity index is 1.49. The van der Waals surface area contributed by atoms with E-state index in [0.29, 0.717) is 17.8 Å². The number of rotatable bonds is 6. The largest absolute Gasteiger partial charge is 0.347 e. The number of urea groups is 1. The van der Waals surface area contributed by atoms with E-state index in [1.165, 1.54) is 16.0 Å². The van der Waals surface area contributed by atoms with Gasteiger partial charge in [0.15, 0.2) is 0 Å². The number of aromatic nitrogens is 1. The van der Waals surface area contributed by atoms with E-state index in [-0.39, 0.29) is 24.1 Å². The Hall–Kier alpha value is -3.65. The van der Waals surface area contributed by atoms with Gasteiger partial charge < -0.3 is 10.2 Å². The number of benzene rings is 2. The molecule has 4 rings (SSSR count). The highest BCUT2D eigenvalue weighted by Gasteiger charge is 2.51. The van der Waals surface area contributed by atoms with Crippen molar-refractivity contribution < 1.29 is 14.4 Å². The van der Waals surface area contributed by atoms with Crippen molar-refractivity contribution in [2.24, 2.45) is 0 Å². The van der Waals surface area contributed by atoms with Crippen molar-refractivity contribution >= 4 is 36.2 Å². The summed E-state index contributed by atoms with van der Waals surface area (Å²) in [5.41, 5.74) is 2.55. The predicted octanol–water partition coefficient (Wildman–Crippen LogP) is 4.36. The van der Waals surface area contributed by atoms with Gasteiger partial charge in [-0.1, -0.05) is 29.8 Å². The van der Waals surface area contributed by atoms with Crippen molar-refractivity contribution in [1.82, 2.24) is 15.2 Å². The smallest absolute Gasteiger partial charge is 0.332 e.